The number of hydrogen-bond donors (Lipinski definition) is 0. The van der Waals surface area contributed by atoms with Crippen LogP contribution in [0.2, 0.25) is 8.67 Å². The molecule has 2 heterocycles. The molecule has 1 nitrogen and oxygen atoms in total. The van der Waals surface area contributed by atoms with Gasteiger partial charge >= 0.3 is 0 Å². The maximum absolute atomic E-state index is 6.55. The molecule has 0 amide bonds. The van der Waals surface area contributed by atoms with Gasteiger partial charge in [-0.2, -0.15) is 0 Å². The van der Waals surface area contributed by atoms with Crippen LogP contribution in [0.15, 0.2) is 24.3 Å². The highest BCUT2D eigenvalue weighted by Gasteiger charge is 2.30. The van der Waals surface area contributed by atoms with E-state index in [1.807, 2.05) is 18.2 Å². The molecule has 1 aromatic carbocycles. The summed E-state index contributed by atoms with van der Waals surface area (Å²) in [5.74, 6) is 0.942. The van der Waals surface area contributed by atoms with Crippen molar-refractivity contribution in [3.05, 3.63) is 49.6 Å². The van der Waals surface area contributed by atoms with Gasteiger partial charge in [0.05, 0.1) is 14.0 Å². The Kier molecular flexibility index (Phi) is 3.70. The molecule has 3 rings (SSSR count). The Morgan fingerprint density at radius 3 is 2.65 bits per heavy atom. The Morgan fingerprint density at radius 2 is 2.00 bits per heavy atom. The van der Waals surface area contributed by atoms with Gasteiger partial charge < -0.3 is 4.74 Å². The first-order chi connectivity index (χ1) is 9.35. The van der Waals surface area contributed by atoms with E-state index in [0.717, 1.165) is 23.3 Å². The van der Waals surface area contributed by atoms with Crippen LogP contribution in [-0.4, -0.2) is 5.60 Å². The first kappa shape index (κ1) is 14.5. The van der Waals surface area contributed by atoms with Crippen molar-refractivity contribution in [2.75, 3.05) is 0 Å². The van der Waals surface area contributed by atoms with Gasteiger partial charge in [0.2, 0.25) is 0 Å². The van der Waals surface area contributed by atoms with Crippen molar-refractivity contribution < 1.29 is 4.74 Å². The van der Waals surface area contributed by atoms with Crippen molar-refractivity contribution in [2.24, 2.45) is 0 Å². The molecule has 0 radical (unpaired) electrons. The van der Waals surface area contributed by atoms with Crippen LogP contribution in [0.1, 0.15) is 35.9 Å². The van der Waals surface area contributed by atoms with Crippen LogP contribution in [0.25, 0.3) is 0 Å². The zero-order chi connectivity index (χ0) is 14.5. The zero-order valence-electron chi connectivity index (χ0n) is 11.0. The minimum absolute atomic E-state index is 0.147. The number of rotatable bonds is 2. The number of ether oxygens (including phenoxy) is 1. The molecule has 2 aromatic rings. The molecule has 0 aliphatic carbocycles. The quantitative estimate of drug-likeness (QED) is 0.597. The molecule has 0 bridgehead atoms. The second kappa shape index (κ2) is 5.10. The van der Waals surface area contributed by atoms with Crippen molar-refractivity contribution >= 4 is 46.1 Å². The summed E-state index contributed by atoms with van der Waals surface area (Å²) in [6.07, 6.45) is 0.887. The number of benzene rings is 1. The van der Waals surface area contributed by atoms with E-state index in [1.165, 1.54) is 16.9 Å². The van der Waals surface area contributed by atoms with Crippen LogP contribution >= 0.6 is 46.1 Å². The SMILES string of the molecule is CC1(C)Cc2cc(C(Cl)c3cc(Cl)sc3Cl)ccc2O1. The largest absolute Gasteiger partial charge is 0.487 e. The van der Waals surface area contributed by atoms with Gasteiger partial charge in [-0.05, 0) is 37.1 Å². The second-order valence-electron chi connectivity index (χ2n) is 5.55. The van der Waals surface area contributed by atoms with Gasteiger partial charge in [0.1, 0.15) is 11.4 Å². The Morgan fingerprint density at radius 1 is 1.25 bits per heavy atom. The van der Waals surface area contributed by atoms with Crippen LogP contribution in [0, 0.1) is 0 Å². The zero-order valence-corrected chi connectivity index (χ0v) is 14.1. The van der Waals surface area contributed by atoms with E-state index in [1.54, 1.807) is 0 Å². The first-order valence-corrected chi connectivity index (χ1v) is 8.27. The minimum atomic E-state index is -0.291. The highest BCUT2D eigenvalue weighted by Crippen LogP contribution is 2.43. The van der Waals surface area contributed by atoms with Gasteiger partial charge in [-0.1, -0.05) is 35.3 Å². The molecule has 0 saturated carbocycles. The maximum Gasteiger partial charge on any atom is 0.123 e. The fraction of sp³-hybridized carbons (Fsp3) is 0.333. The summed E-state index contributed by atoms with van der Waals surface area (Å²) >= 11 is 20.0. The number of thiophene rings is 1. The molecule has 106 valence electrons. The van der Waals surface area contributed by atoms with E-state index in [9.17, 15) is 0 Å². The lowest BCUT2D eigenvalue weighted by atomic mass is 9.98. The van der Waals surface area contributed by atoms with Crippen molar-refractivity contribution in [1.29, 1.82) is 0 Å². The number of halogens is 3. The van der Waals surface area contributed by atoms with E-state index >= 15 is 0 Å². The molecule has 5 heteroatoms. The van der Waals surface area contributed by atoms with Crippen LogP contribution in [0.3, 0.4) is 0 Å². The van der Waals surface area contributed by atoms with Crippen LogP contribution in [-0.2, 0) is 6.42 Å². The summed E-state index contributed by atoms with van der Waals surface area (Å²) in [6, 6.07) is 7.90. The Balaban J connectivity index is 1.95. The van der Waals surface area contributed by atoms with Gasteiger partial charge in [-0.15, -0.1) is 22.9 Å². The third-order valence-corrected chi connectivity index (χ3v) is 5.34. The van der Waals surface area contributed by atoms with Gasteiger partial charge in [-0.3, -0.25) is 0 Å². The third kappa shape index (κ3) is 2.67. The molecule has 0 spiro atoms. The maximum atomic E-state index is 6.55. The monoisotopic (exact) mass is 346 g/mol. The first-order valence-electron chi connectivity index (χ1n) is 6.26. The standard InChI is InChI=1S/C15H13Cl3OS/c1-15(2)7-9-5-8(3-4-11(9)19-15)13(17)10-6-12(16)20-14(10)18/h3-6,13H,7H2,1-2H3. The van der Waals surface area contributed by atoms with Crippen molar-refractivity contribution in [3.8, 4) is 5.75 Å². The van der Waals surface area contributed by atoms with Gasteiger partial charge in [0, 0.05) is 12.0 Å². The summed E-state index contributed by atoms with van der Waals surface area (Å²) < 4.78 is 7.17. The van der Waals surface area contributed by atoms with E-state index in [0.29, 0.717) is 8.67 Å². The molecule has 1 atom stereocenters. The minimum Gasteiger partial charge on any atom is -0.487 e. The predicted molar refractivity (Wildman–Crippen MR) is 86.9 cm³/mol. The molecule has 1 aliphatic rings. The lowest BCUT2D eigenvalue weighted by Crippen LogP contribution is -2.24. The predicted octanol–water partition coefficient (Wildman–Crippen LogP) is 6.10. The molecule has 0 saturated heterocycles. The smallest absolute Gasteiger partial charge is 0.123 e. The topological polar surface area (TPSA) is 9.23 Å². The average Bonchev–Trinajstić information content (AvgIpc) is 2.84. The number of hydrogen-bond acceptors (Lipinski definition) is 2. The van der Waals surface area contributed by atoms with Gasteiger partial charge in [-0.25, -0.2) is 0 Å². The van der Waals surface area contributed by atoms with Crippen molar-refractivity contribution in [2.45, 2.75) is 31.2 Å². The molecule has 1 unspecified atom stereocenters. The summed E-state index contributed by atoms with van der Waals surface area (Å²) in [4.78, 5) is 0. The highest BCUT2D eigenvalue weighted by atomic mass is 35.5. The van der Waals surface area contributed by atoms with Crippen LogP contribution < -0.4 is 4.74 Å². The molecule has 0 fully saturated rings. The lowest BCUT2D eigenvalue weighted by molar-refractivity contribution is 0.138. The molecular weight excluding hydrogens is 335 g/mol. The fourth-order valence-corrected chi connectivity index (χ4v) is 4.45. The molecular formula is C15H13Cl3OS. The molecule has 20 heavy (non-hydrogen) atoms. The average molecular weight is 348 g/mol. The van der Waals surface area contributed by atoms with E-state index in [2.05, 4.69) is 19.9 Å². The van der Waals surface area contributed by atoms with Crippen LogP contribution in [0.5, 0.6) is 5.75 Å². The summed E-state index contributed by atoms with van der Waals surface area (Å²) in [6.45, 7) is 4.17. The molecule has 0 N–H and O–H groups in total. The van der Waals surface area contributed by atoms with Crippen LogP contribution in [0.4, 0.5) is 0 Å². The molecule has 1 aliphatic heterocycles. The highest BCUT2D eigenvalue weighted by molar-refractivity contribution is 7.20. The van der Waals surface area contributed by atoms with Crippen molar-refractivity contribution in [3.63, 3.8) is 0 Å². The van der Waals surface area contributed by atoms with Gasteiger partial charge in [0.25, 0.3) is 0 Å². The Labute approximate surface area is 137 Å². The Bertz CT molecular complexity index is 663. The fourth-order valence-electron chi connectivity index (χ4n) is 2.49. The third-order valence-electron chi connectivity index (χ3n) is 3.34. The summed E-state index contributed by atoms with van der Waals surface area (Å²) in [7, 11) is 0. The molecule has 1 aromatic heterocycles. The number of alkyl halides is 1. The normalized spacial score (nSPS) is 17.6. The summed E-state index contributed by atoms with van der Waals surface area (Å²) in [5.41, 5.74) is 2.92. The van der Waals surface area contributed by atoms with Gasteiger partial charge in [0.15, 0.2) is 0 Å². The van der Waals surface area contributed by atoms with E-state index in [4.69, 9.17) is 39.5 Å². The van der Waals surface area contributed by atoms with E-state index < -0.39 is 0 Å². The summed E-state index contributed by atoms with van der Waals surface area (Å²) in [5, 5.41) is -0.291. The second-order valence-corrected chi connectivity index (χ2v) is 8.27. The number of fused-ring (bicyclic) bond motifs is 1. The Hall–Kier alpha value is -0.410. The lowest BCUT2D eigenvalue weighted by Gasteiger charge is -2.16. The van der Waals surface area contributed by atoms with Crippen molar-refractivity contribution in [1.82, 2.24) is 0 Å². The van der Waals surface area contributed by atoms with E-state index in [-0.39, 0.29) is 11.0 Å².